The van der Waals surface area contributed by atoms with Gasteiger partial charge in [-0.3, -0.25) is 4.68 Å². The second kappa shape index (κ2) is 3.81. The molecule has 0 bridgehead atoms. The predicted octanol–water partition coefficient (Wildman–Crippen LogP) is 3.07. The highest BCUT2D eigenvalue weighted by Crippen LogP contribution is 2.23. The van der Waals surface area contributed by atoms with Gasteiger partial charge in [0.25, 0.3) is 0 Å². The van der Waals surface area contributed by atoms with Crippen LogP contribution in [-0.4, -0.2) is 16.0 Å². The first kappa shape index (κ1) is 11.0. The molecule has 1 aromatic heterocycles. The van der Waals surface area contributed by atoms with Crippen molar-refractivity contribution in [3.8, 4) is 0 Å². The highest BCUT2D eigenvalue weighted by atomic mass is 19.4. The number of halogens is 3. The van der Waals surface area contributed by atoms with Crippen molar-refractivity contribution in [2.75, 3.05) is 0 Å². The van der Waals surface area contributed by atoms with Gasteiger partial charge in [-0.15, -0.1) is 0 Å². The maximum atomic E-state index is 12.0. The molecule has 0 N–H and O–H groups in total. The second-order valence-corrected chi connectivity index (χ2v) is 3.78. The third kappa shape index (κ3) is 2.35. The van der Waals surface area contributed by atoms with Crippen LogP contribution in [0.4, 0.5) is 13.2 Å². The van der Waals surface area contributed by atoms with Crippen molar-refractivity contribution in [3.05, 3.63) is 30.0 Å². The lowest BCUT2D eigenvalue weighted by Gasteiger charge is -2.06. The number of alkyl halides is 3. The van der Waals surface area contributed by atoms with Crippen LogP contribution < -0.4 is 0 Å². The number of rotatable bonds is 2. The van der Waals surface area contributed by atoms with E-state index in [-0.39, 0.29) is 6.42 Å². The highest BCUT2D eigenvalue weighted by molar-refractivity contribution is 5.79. The Morgan fingerprint density at radius 1 is 1.31 bits per heavy atom. The molecular weight excluding hydrogens is 217 g/mol. The molecule has 0 saturated heterocycles. The van der Waals surface area contributed by atoms with Crippen LogP contribution in [0.3, 0.4) is 0 Å². The van der Waals surface area contributed by atoms with Gasteiger partial charge < -0.3 is 0 Å². The third-order valence-electron chi connectivity index (χ3n) is 2.51. The maximum absolute atomic E-state index is 12.0. The highest BCUT2D eigenvalue weighted by Gasteiger charge is 2.26. The van der Waals surface area contributed by atoms with Gasteiger partial charge in [-0.25, -0.2) is 0 Å². The minimum atomic E-state index is -4.09. The van der Waals surface area contributed by atoms with E-state index in [1.54, 1.807) is 36.1 Å². The number of hydrogen-bond acceptors (Lipinski definition) is 1. The Kier molecular flexibility index (Phi) is 2.61. The number of aryl methyl sites for hydroxylation is 2. The van der Waals surface area contributed by atoms with E-state index in [1.807, 2.05) is 0 Å². The molecule has 1 heterocycles. The van der Waals surface area contributed by atoms with Crippen molar-refractivity contribution in [1.29, 1.82) is 0 Å². The van der Waals surface area contributed by atoms with Crippen molar-refractivity contribution in [2.24, 2.45) is 7.05 Å². The van der Waals surface area contributed by atoms with Crippen LogP contribution in [0.5, 0.6) is 0 Å². The molecule has 16 heavy (non-hydrogen) atoms. The van der Waals surface area contributed by atoms with Gasteiger partial charge in [0.15, 0.2) is 0 Å². The van der Waals surface area contributed by atoms with Crippen molar-refractivity contribution in [1.82, 2.24) is 9.78 Å². The van der Waals surface area contributed by atoms with Crippen LogP contribution in [0.25, 0.3) is 10.9 Å². The van der Waals surface area contributed by atoms with Gasteiger partial charge in [0.2, 0.25) is 0 Å². The van der Waals surface area contributed by atoms with E-state index in [2.05, 4.69) is 5.10 Å². The van der Waals surface area contributed by atoms with Crippen molar-refractivity contribution in [2.45, 2.75) is 19.0 Å². The summed E-state index contributed by atoms with van der Waals surface area (Å²) in [4.78, 5) is 0. The van der Waals surface area contributed by atoms with Gasteiger partial charge in [-0.1, -0.05) is 6.07 Å². The van der Waals surface area contributed by atoms with E-state index in [0.29, 0.717) is 5.56 Å². The topological polar surface area (TPSA) is 17.8 Å². The number of hydrogen-bond donors (Lipinski definition) is 0. The van der Waals surface area contributed by atoms with Gasteiger partial charge in [-0.05, 0) is 24.1 Å². The van der Waals surface area contributed by atoms with Gasteiger partial charge in [0.05, 0.1) is 11.7 Å². The van der Waals surface area contributed by atoms with E-state index < -0.39 is 12.6 Å². The number of fused-ring (bicyclic) bond motifs is 1. The predicted molar refractivity (Wildman–Crippen MR) is 55.1 cm³/mol. The summed E-state index contributed by atoms with van der Waals surface area (Å²) >= 11 is 0. The zero-order valence-electron chi connectivity index (χ0n) is 8.75. The monoisotopic (exact) mass is 228 g/mol. The Hall–Kier alpha value is -1.52. The first-order chi connectivity index (χ1) is 7.46. The second-order valence-electron chi connectivity index (χ2n) is 3.78. The minimum Gasteiger partial charge on any atom is -0.268 e. The molecule has 0 amide bonds. The molecule has 0 fully saturated rings. The fraction of sp³-hybridized carbons (Fsp3) is 0.364. The molecule has 0 spiro atoms. The molecule has 86 valence electrons. The molecule has 0 unspecified atom stereocenters. The fourth-order valence-electron chi connectivity index (χ4n) is 1.65. The Balaban J connectivity index is 2.20. The summed E-state index contributed by atoms with van der Waals surface area (Å²) in [6.45, 7) is 0. The van der Waals surface area contributed by atoms with Crippen LogP contribution in [0.2, 0.25) is 0 Å². The molecule has 0 aliphatic carbocycles. The lowest BCUT2D eigenvalue weighted by Crippen LogP contribution is -2.08. The fourth-order valence-corrected chi connectivity index (χ4v) is 1.65. The van der Waals surface area contributed by atoms with E-state index in [1.165, 1.54) is 0 Å². The van der Waals surface area contributed by atoms with E-state index in [4.69, 9.17) is 0 Å². The summed E-state index contributed by atoms with van der Waals surface area (Å²) in [6, 6.07) is 5.28. The molecule has 1 aromatic carbocycles. The van der Waals surface area contributed by atoms with Crippen LogP contribution in [0.1, 0.15) is 12.0 Å². The van der Waals surface area contributed by atoms with Gasteiger partial charge in [0.1, 0.15) is 0 Å². The first-order valence-electron chi connectivity index (χ1n) is 4.93. The summed E-state index contributed by atoms with van der Waals surface area (Å²) < 4.78 is 37.8. The van der Waals surface area contributed by atoms with Gasteiger partial charge in [-0.2, -0.15) is 18.3 Å². The Labute approximate surface area is 90.7 Å². The SMILES string of the molecule is Cn1ncc2cc(CCC(F)(F)F)ccc21. The lowest BCUT2D eigenvalue weighted by molar-refractivity contribution is -0.133. The van der Waals surface area contributed by atoms with Crippen molar-refractivity contribution >= 4 is 10.9 Å². The Bertz CT molecular complexity index is 499. The summed E-state index contributed by atoms with van der Waals surface area (Å²) in [7, 11) is 1.80. The smallest absolute Gasteiger partial charge is 0.268 e. The summed E-state index contributed by atoms with van der Waals surface area (Å²) in [6.07, 6.45) is -3.19. The van der Waals surface area contributed by atoms with E-state index >= 15 is 0 Å². The van der Waals surface area contributed by atoms with Crippen molar-refractivity contribution in [3.63, 3.8) is 0 Å². The van der Waals surface area contributed by atoms with Crippen molar-refractivity contribution < 1.29 is 13.2 Å². The van der Waals surface area contributed by atoms with E-state index in [0.717, 1.165) is 10.9 Å². The summed E-state index contributed by atoms with van der Waals surface area (Å²) in [5.41, 5.74) is 1.62. The average Bonchev–Trinajstić information content (AvgIpc) is 2.56. The van der Waals surface area contributed by atoms with Gasteiger partial charge >= 0.3 is 6.18 Å². The molecule has 0 radical (unpaired) electrons. The molecule has 5 heteroatoms. The molecule has 2 rings (SSSR count). The third-order valence-corrected chi connectivity index (χ3v) is 2.51. The average molecular weight is 228 g/mol. The molecule has 2 aromatic rings. The van der Waals surface area contributed by atoms with E-state index in [9.17, 15) is 13.2 Å². The molecule has 2 nitrogen and oxygen atoms in total. The van der Waals surface area contributed by atoms with Crippen LogP contribution >= 0.6 is 0 Å². The zero-order valence-corrected chi connectivity index (χ0v) is 8.75. The number of aromatic nitrogens is 2. The summed E-state index contributed by atoms with van der Waals surface area (Å²) in [5, 5.41) is 4.92. The molecule has 0 aliphatic rings. The molecule has 0 aliphatic heterocycles. The Morgan fingerprint density at radius 3 is 2.75 bits per heavy atom. The molecule has 0 atom stereocenters. The molecular formula is C11H11F3N2. The van der Waals surface area contributed by atoms with Crippen LogP contribution in [-0.2, 0) is 13.5 Å². The largest absolute Gasteiger partial charge is 0.389 e. The first-order valence-corrected chi connectivity index (χ1v) is 4.93. The normalized spacial score (nSPS) is 12.2. The van der Waals surface area contributed by atoms with Crippen LogP contribution in [0, 0.1) is 0 Å². The number of benzene rings is 1. The maximum Gasteiger partial charge on any atom is 0.389 e. The lowest BCUT2D eigenvalue weighted by atomic mass is 10.1. The summed E-state index contributed by atoms with van der Waals surface area (Å²) in [5.74, 6) is 0. The standard InChI is InChI=1S/C11H11F3N2/c1-16-10-3-2-8(4-5-11(12,13)14)6-9(10)7-15-16/h2-3,6-7H,4-5H2,1H3. The quantitative estimate of drug-likeness (QED) is 0.772. The zero-order chi connectivity index (χ0) is 11.8. The van der Waals surface area contributed by atoms with Gasteiger partial charge in [0, 0.05) is 18.9 Å². The Morgan fingerprint density at radius 2 is 2.06 bits per heavy atom. The van der Waals surface area contributed by atoms with Crippen LogP contribution in [0.15, 0.2) is 24.4 Å². The molecule has 0 saturated carbocycles. The number of nitrogens with zero attached hydrogens (tertiary/aromatic N) is 2. The minimum absolute atomic E-state index is 0.0222.